The van der Waals surface area contributed by atoms with E-state index in [2.05, 4.69) is 27.9 Å². The van der Waals surface area contributed by atoms with Gasteiger partial charge in [0.2, 0.25) is 0 Å². The van der Waals surface area contributed by atoms with Gasteiger partial charge >= 0.3 is 0 Å². The van der Waals surface area contributed by atoms with Gasteiger partial charge in [0, 0.05) is 10.9 Å². The fourth-order valence-electron chi connectivity index (χ4n) is 2.06. The van der Waals surface area contributed by atoms with Gasteiger partial charge in [-0.15, -0.1) is 0 Å². The van der Waals surface area contributed by atoms with Crippen LogP contribution in [0.1, 0.15) is 5.56 Å². The summed E-state index contributed by atoms with van der Waals surface area (Å²) in [4.78, 5) is 0. The lowest BCUT2D eigenvalue weighted by molar-refractivity contribution is 1.10. The Morgan fingerprint density at radius 1 is 1.17 bits per heavy atom. The second-order valence-corrected chi connectivity index (χ2v) is 4.94. The predicted octanol–water partition coefficient (Wildman–Crippen LogP) is 3.70. The van der Waals surface area contributed by atoms with Crippen LogP contribution in [0.15, 0.2) is 41.1 Å². The number of rotatable bonds is 2. The van der Waals surface area contributed by atoms with Crippen LogP contribution in [0.2, 0.25) is 0 Å². The topological polar surface area (TPSA) is 54.7 Å². The standard InChI is InChI=1S/C14H13N3S/c1-9-7-18-8-11(9)13-12(14(15)17-16-13)10-5-3-2-4-6-10/h2-8H,1H3,(H3,15,16,17). The molecule has 4 heteroatoms. The van der Waals surface area contributed by atoms with E-state index in [4.69, 9.17) is 5.73 Å². The van der Waals surface area contributed by atoms with Crippen LogP contribution in [0.5, 0.6) is 0 Å². The molecular formula is C14H13N3S. The van der Waals surface area contributed by atoms with Crippen LogP contribution in [0.3, 0.4) is 0 Å². The van der Waals surface area contributed by atoms with Gasteiger partial charge in [0.1, 0.15) is 0 Å². The van der Waals surface area contributed by atoms with Gasteiger partial charge in [-0.1, -0.05) is 30.3 Å². The lowest BCUT2D eigenvalue weighted by Crippen LogP contribution is -1.88. The highest BCUT2D eigenvalue weighted by atomic mass is 32.1. The van der Waals surface area contributed by atoms with Gasteiger partial charge in [-0.05, 0) is 23.4 Å². The zero-order valence-electron chi connectivity index (χ0n) is 9.97. The second-order valence-electron chi connectivity index (χ2n) is 4.19. The summed E-state index contributed by atoms with van der Waals surface area (Å²) in [6.07, 6.45) is 0. The average Bonchev–Trinajstić information content (AvgIpc) is 2.96. The fraction of sp³-hybridized carbons (Fsp3) is 0.0714. The maximum absolute atomic E-state index is 5.99. The highest BCUT2D eigenvalue weighted by Crippen LogP contribution is 2.36. The number of hydrogen-bond acceptors (Lipinski definition) is 3. The summed E-state index contributed by atoms with van der Waals surface area (Å²) < 4.78 is 0. The van der Waals surface area contributed by atoms with E-state index in [0.717, 1.165) is 16.8 Å². The molecule has 0 aliphatic carbocycles. The van der Waals surface area contributed by atoms with Crippen LogP contribution in [0.4, 0.5) is 5.82 Å². The first-order valence-electron chi connectivity index (χ1n) is 5.70. The average molecular weight is 255 g/mol. The Hall–Kier alpha value is -2.07. The molecule has 0 aliphatic rings. The van der Waals surface area contributed by atoms with E-state index in [1.807, 2.05) is 30.3 Å². The summed E-state index contributed by atoms with van der Waals surface area (Å²) in [5, 5.41) is 11.4. The molecule has 0 unspecified atom stereocenters. The molecule has 18 heavy (non-hydrogen) atoms. The molecule has 0 atom stereocenters. The SMILES string of the molecule is Cc1cscc1-c1[nH]nc(N)c1-c1ccccc1. The molecule has 0 saturated carbocycles. The van der Waals surface area contributed by atoms with Crippen LogP contribution < -0.4 is 5.73 Å². The van der Waals surface area contributed by atoms with E-state index in [0.29, 0.717) is 5.82 Å². The lowest BCUT2D eigenvalue weighted by Gasteiger charge is -2.04. The van der Waals surface area contributed by atoms with Crippen LogP contribution in [0, 0.1) is 6.92 Å². The molecule has 90 valence electrons. The molecule has 3 aromatic rings. The number of aromatic nitrogens is 2. The Morgan fingerprint density at radius 2 is 1.94 bits per heavy atom. The van der Waals surface area contributed by atoms with Crippen molar-refractivity contribution in [2.24, 2.45) is 0 Å². The van der Waals surface area contributed by atoms with Gasteiger partial charge in [0.05, 0.1) is 11.3 Å². The second kappa shape index (κ2) is 4.31. The number of aromatic amines is 1. The Morgan fingerprint density at radius 3 is 2.61 bits per heavy atom. The molecule has 3 rings (SSSR count). The largest absolute Gasteiger partial charge is 0.382 e. The highest BCUT2D eigenvalue weighted by Gasteiger charge is 2.16. The van der Waals surface area contributed by atoms with Gasteiger partial charge < -0.3 is 5.73 Å². The smallest absolute Gasteiger partial charge is 0.153 e. The zero-order chi connectivity index (χ0) is 12.5. The minimum absolute atomic E-state index is 0.543. The first-order chi connectivity index (χ1) is 8.77. The van der Waals surface area contributed by atoms with Crippen molar-refractivity contribution in [2.45, 2.75) is 6.92 Å². The molecule has 3 N–H and O–H groups in total. The van der Waals surface area contributed by atoms with E-state index in [-0.39, 0.29) is 0 Å². The number of benzene rings is 1. The number of thiophene rings is 1. The molecule has 0 radical (unpaired) electrons. The van der Waals surface area contributed by atoms with E-state index >= 15 is 0 Å². The summed E-state index contributed by atoms with van der Waals surface area (Å²) in [7, 11) is 0. The summed E-state index contributed by atoms with van der Waals surface area (Å²) in [5.41, 5.74) is 11.5. The number of hydrogen-bond donors (Lipinski definition) is 2. The van der Waals surface area contributed by atoms with Gasteiger partial charge in [-0.2, -0.15) is 16.4 Å². The van der Waals surface area contributed by atoms with E-state index in [1.165, 1.54) is 11.1 Å². The molecule has 0 bridgehead atoms. The van der Waals surface area contributed by atoms with Crippen molar-refractivity contribution in [3.8, 4) is 22.4 Å². The maximum atomic E-state index is 5.99. The van der Waals surface area contributed by atoms with Gasteiger partial charge in [-0.25, -0.2) is 0 Å². The van der Waals surface area contributed by atoms with Crippen molar-refractivity contribution in [3.05, 3.63) is 46.7 Å². The minimum atomic E-state index is 0.543. The van der Waals surface area contributed by atoms with Crippen molar-refractivity contribution in [1.29, 1.82) is 0 Å². The van der Waals surface area contributed by atoms with Crippen molar-refractivity contribution in [3.63, 3.8) is 0 Å². The summed E-state index contributed by atoms with van der Waals surface area (Å²) in [5.74, 6) is 0.543. The predicted molar refractivity (Wildman–Crippen MR) is 76.5 cm³/mol. The number of H-pyrrole nitrogens is 1. The van der Waals surface area contributed by atoms with Crippen LogP contribution in [0.25, 0.3) is 22.4 Å². The Kier molecular flexibility index (Phi) is 2.64. The molecule has 0 aliphatic heterocycles. The number of nitrogens with two attached hydrogens (primary N) is 1. The molecule has 0 amide bonds. The minimum Gasteiger partial charge on any atom is -0.382 e. The lowest BCUT2D eigenvalue weighted by atomic mass is 10.0. The first-order valence-corrected chi connectivity index (χ1v) is 6.64. The third-order valence-electron chi connectivity index (χ3n) is 2.98. The Balaban J connectivity index is 2.22. The van der Waals surface area contributed by atoms with E-state index < -0.39 is 0 Å². The van der Waals surface area contributed by atoms with Crippen LogP contribution in [-0.4, -0.2) is 10.2 Å². The molecule has 0 fully saturated rings. The summed E-state index contributed by atoms with van der Waals surface area (Å²) >= 11 is 1.69. The number of nitrogens with zero attached hydrogens (tertiary/aromatic N) is 1. The quantitative estimate of drug-likeness (QED) is 0.733. The van der Waals surface area contributed by atoms with Gasteiger partial charge in [0.15, 0.2) is 5.82 Å². The number of nitrogen functional groups attached to an aromatic ring is 1. The fourth-order valence-corrected chi connectivity index (χ4v) is 2.90. The van der Waals surface area contributed by atoms with E-state index in [9.17, 15) is 0 Å². The number of nitrogens with one attached hydrogen (secondary N) is 1. The molecule has 1 aromatic carbocycles. The number of aryl methyl sites for hydroxylation is 1. The van der Waals surface area contributed by atoms with Gasteiger partial charge in [-0.3, -0.25) is 5.10 Å². The summed E-state index contributed by atoms with van der Waals surface area (Å²) in [6.45, 7) is 2.09. The monoisotopic (exact) mass is 255 g/mol. The molecule has 2 aromatic heterocycles. The molecule has 2 heterocycles. The molecular weight excluding hydrogens is 242 g/mol. The Labute approximate surface area is 109 Å². The molecule has 3 nitrogen and oxygen atoms in total. The number of anilines is 1. The van der Waals surface area contributed by atoms with Crippen molar-refractivity contribution in [2.75, 3.05) is 5.73 Å². The molecule has 0 saturated heterocycles. The van der Waals surface area contributed by atoms with Crippen LogP contribution >= 0.6 is 11.3 Å². The Bertz CT molecular complexity index is 667. The van der Waals surface area contributed by atoms with E-state index in [1.54, 1.807) is 11.3 Å². The summed E-state index contributed by atoms with van der Waals surface area (Å²) in [6, 6.07) is 10.1. The zero-order valence-corrected chi connectivity index (χ0v) is 10.8. The van der Waals surface area contributed by atoms with Crippen molar-refractivity contribution >= 4 is 17.2 Å². The first kappa shape index (κ1) is 11.0. The van der Waals surface area contributed by atoms with Crippen molar-refractivity contribution in [1.82, 2.24) is 10.2 Å². The normalized spacial score (nSPS) is 10.7. The maximum Gasteiger partial charge on any atom is 0.153 e. The van der Waals surface area contributed by atoms with Crippen molar-refractivity contribution < 1.29 is 0 Å². The van der Waals surface area contributed by atoms with Crippen LogP contribution in [-0.2, 0) is 0 Å². The highest BCUT2D eigenvalue weighted by molar-refractivity contribution is 7.08. The third kappa shape index (κ3) is 1.71. The molecule has 0 spiro atoms. The van der Waals surface area contributed by atoms with Gasteiger partial charge in [0.25, 0.3) is 0 Å². The third-order valence-corrected chi connectivity index (χ3v) is 3.84.